The summed E-state index contributed by atoms with van der Waals surface area (Å²) in [6.45, 7) is 0. The number of halogens is 1. The van der Waals surface area contributed by atoms with Crippen LogP contribution in [0.15, 0.2) is 24.3 Å². The summed E-state index contributed by atoms with van der Waals surface area (Å²) in [6, 6.07) is 5.26. The summed E-state index contributed by atoms with van der Waals surface area (Å²) in [5, 5.41) is 8.33. The van der Waals surface area contributed by atoms with E-state index in [9.17, 15) is 9.18 Å². The first-order chi connectivity index (χ1) is 4.72. The molecule has 0 unspecified atom stereocenters. The molecule has 0 aliphatic rings. The van der Waals surface area contributed by atoms with Crippen LogP contribution in [0.1, 0.15) is 10.4 Å². The molecule has 0 bridgehead atoms. The number of carboxylic acid groups (broad SMARTS) is 1. The van der Waals surface area contributed by atoms with Crippen molar-refractivity contribution in [3.05, 3.63) is 35.6 Å². The van der Waals surface area contributed by atoms with Crippen molar-refractivity contribution in [2.24, 2.45) is 0 Å². The molecule has 1 N–H and O–H groups in total. The van der Waals surface area contributed by atoms with Crippen LogP contribution in [-0.2, 0) is 0 Å². The van der Waals surface area contributed by atoms with E-state index in [-0.39, 0.29) is 35.1 Å². The molecular formula is C7H6FNaO2. The Labute approximate surface area is 85.3 Å². The van der Waals surface area contributed by atoms with E-state index in [0.717, 1.165) is 6.07 Å². The van der Waals surface area contributed by atoms with E-state index < -0.39 is 11.8 Å². The van der Waals surface area contributed by atoms with E-state index in [2.05, 4.69) is 0 Å². The first-order valence-corrected chi connectivity index (χ1v) is 2.69. The first-order valence-electron chi connectivity index (χ1n) is 2.69. The van der Waals surface area contributed by atoms with Crippen molar-refractivity contribution in [3.8, 4) is 0 Å². The molecule has 0 aliphatic heterocycles. The molecule has 0 radical (unpaired) electrons. The number of aromatic carboxylic acids is 1. The molecule has 0 saturated carbocycles. The van der Waals surface area contributed by atoms with Gasteiger partial charge in [0.15, 0.2) is 0 Å². The van der Waals surface area contributed by atoms with Gasteiger partial charge < -0.3 is 5.11 Å². The summed E-state index contributed by atoms with van der Waals surface area (Å²) < 4.78 is 12.5. The Morgan fingerprint density at radius 2 is 1.91 bits per heavy atom. The molecule has 11 heavy (non-hydrogen) atoms. The maximum absolute atomic E-state index is 12.5. The summed E-state index contributed by atoms with van der Waals surface area (Å²) in [7, 11) is 0. The van der Waals surface area contributed by atoms with Gasteiger partial charge in [-0.05, 0) is 12.1 Å². The van der Waals surface area contributed by atoms with Crippen LogP contribution in [0.25, 0.3) is 0 Å². The Morgan fingerprint density at radius 1 is 1.36 bits per heavy atom. The van der Waals surface area contributed by atoms with Crippen LogP contribution in [0.4, 0.5) is 4.39 Å². The summed E-state index contributed by atoms with van der Waals surface area (Å²) in [5.41, 5.74) is -0.289. The van der Waals surface area contributed by atoms with Gasteiger partial charge in [-0.1, -0.05) is 12.1 Å². The van der Waals surface area contributed by atoms with Gasteiger partial charge >= 0.3 is 35.5 Å². The molecule has 0 spiro atoms. The van der Waals surface area contributed by atoms with Crippen molar-refractivity contribution in [2.45, 2.75) is 0 Å². The molecule has 1 aromatic carbocycles. The van der Waals surface area contributed by atoms with Crippen molar-refractivity contribution in [3.63, 3.8) is 0 Å². The number of carboxylic acids is 1. The fourth-order valence-corrected chi connectivity index (χ4v) is 0.635. The van der Waals surface area contributed by atoms with Crippen LogP contribution in [0, 0.1) is 5.82 Å². The van der Waals surface area contributed by atoms with Crippen LogP contribution >= 0.6 is 0 Å². The Balaban J connectivity index is 0.000001000. The van der Waals surface area contributed by atoms with E-state index in [4.69, 9.17) is 5.11 Å². The zero-order valence-corrected chi connectivity index (χ0v) is 5.04. The molecule has 0 amide bonds. The molecule has 0 fully saturated rings. The van der Waals surface area contributed by atoms with Gasteiger partial charge in [0.05, 0.1) is 5.56 Å². The minimum absolute atomic E-state index is 0. The van der Waals surface area contributed by atoms with Gasteiger partial charge in [0.25, 0.3) is 0 Å². The molecule has 2 nitrogen and oxygen atoms in total. The van der Waals surface area contributed by atoms with Crippen LogP contribution in [0.3, 0.4) is 0 Å². The second-order valence-electron chi connectivity index (χ2n) is 1.78. The van der Waals surface area contributed by atoms with Crippen molar-refractivity contribution in [1.29, 1.82) is 0 Å². The van der Waals surface area contributed by atoms with E-state index in [0.29, 0.717) is 0 Å². The second-order valence-corrected chi connectivity index (χ2v) is 1.78. The number of hydrogen-bond acceptors (Lipinski definition) is 1. The second kappa shape index (κ2) is 4.49. The average molecular weight is 164 g/mol. The predicted molar refractivity (Wildman–Crippen MR) is 40.5 cm³/mol. The normalized spacial score (nSPS) is 8.45. The van der Waals surface area contributed by atoms with Crippen LogP contribution in [0.2, 0.25) is 0 Å². The third-order valence-corrected chi connectivity index (χ3v) is 1.10. The molecule has 0 heterocycles. The predicted octanol–water partition coefficient (Wildman–Crippen LogP) is 0.875. The minimum atomic E-state index is -1.24. The van der Waals surface area contributed by atoms with Crippen molar-refractivity contribution < 1.29 is 14.3 Å². The van der Waals surface area contributed by atoms with Crippen LogP contribution in [0.5, 0.6) is 0 Å². The molecule has 1 rings (SSSR count). The zero-order valence-electron chi connectivity index (χ0n) is 5.04. The van der Waals surface area contributed by atoms with Gasteiger partial charge in [-0.15, -0.1) is 0 Å². The van der Waals surface area contributed by atoms with Gasteiger partial charge in [0.2, 0.25) is 0 Å². The SMILES string of the molecule is O=C(O)c1ccccc1F.[NaH]. The summed E-state index contributed by atoms with van der Waals surface area (Å²) >= 11 is 0. The van der Waals surface area contributed by atoms with E-state index in [1.807, 2.05) is 0 Å². The number of benzene rings is 1. The Bertz CT molecular complexity index is 262. The molecule has 0 saturated heterocycles. The number of rotatable bonds is 1. The van der Waals surface area contributed by atoms with E-state index in [1.165, 1.54) is 18.2 Å². The third kappa shape index (κ3) is 2.61. The molecular weight excluding hydrogens is 158 g/mol. The summed E-state index contributed by atoms with van der Waals surface area (Å²) in [4.78, 5) is 10.2. The topological polar surface area (TPSA) is 37.3 Å². The van der Waals surface area contributed by atoms with E-state index >= 15 is 0 Å². The quantitative estimate of drug-likeness (QED) is 0.625. The summed E-state index contributed by atoms with van der Waals surface area (Å²) in [5.74, 6) is -1.94. The standard InChI is InChI=1S/C7H5FO2.Na.H/c8-6-4-2-1-3-5(6)7(9)10;;/h1-4H,(H,9,10);;. The fourth-order valence-electron chi connectivity index (χ4n) is 0.635. The fraction of sp³-hybridized carbons (Fsp3) is 0. The maximum atomic E-state index is 12.5. The third-order valence-electron chi connectivity index (χ3n) is 1.10. The van der Waals surface area contributed by atoms with Gasteiger partial charge in [-0.3, -0.25) is 0 Å². The average Bonchev–Trinajstić information content (AvgIpc) is 1.88. The van der Waals surface area contributed by atoms with Crippen LogP contribution < -0.4 is 0 Å². The van der Waals surface area contributed by atoms with Crippen molar-refractivity contribution >= 4 is 35.5 Å². The summed E-state index contributed by atoms with van der Waals surface area (Å²) in [6.07, 6.45) is 0. The first kappa shape index (κ1) is 10.6. The molecule has 4 heteroatoms. The number of hydrogen-bond donors (Lipinski definition) is 1. The Morgan fingerprint density at radius 3 is 2.27 bits per heavy atom. The molecule has 0 aromatic heterocycles. The van der Waals surface area contributed by atoms with Gasteiger partial charge in [-0.2, -0.15) is 0 Å². The zero-order chi connectivity index (χ0) is 7.56. The van der Waals surface area contributed by atoms with Gasteiger partial charge in [-0.25, -0.2) is 9.18 Å². The van der Waals surface area contributed by atoms with Crippen molar-refractivity contribution in [1.82, 2.24) is 0 Å². The van der Waals surface area contributed by atoms with Crippen LogP contribution in [-0.4, -0.2) is 40.6 Å². The van der Waals surface area contributed by atoms with Gasteiger partial charge in [0.1, 0.15) is 5.82 Å². The van der Waals surface area contributed by atoms with Crippen molar-refractivity contribution in [2.75, 3.05) is 0 Å². The molecule has 0 atom stereocenters. The monoisotopic (exact) mass is 164 g/mol. The Kier molecular flexibility index (Phi) is 4.33. The molecule has 54 valence electrons. The van der Waals surface area contributed by atoms with Gasteiger partial charge in [0, 0.05) is 0 Å². The molecule has 1 aromatic rings. The molecule has 0 aliphatic carbocycles. The Hall–Kier alpha value is -0.380. The van der Waals surface area contributed by atoms with E-state index in [1.54, 1.807) is 0 Å². The number of carbonyl (C=O) groups is 1.